The number of pyridine rings is 1. The van der Waals surface area contributed by atoms with E-state index in [1.54, 1.807) is 6.07 Å². The molecule has 1 aromatic heterocycles. The van der Waals surface area contributed by atoms with Crippen molar-refractivity contribution < 1.29 is 14.3 Å². The van der Waals surface area contributed by atoms with Crippen LogP contribution in [0, 0.1) is 13.8 Å². The number of anilines is 1. The average molecular weight is 390 g/mol. The maximum Gasteiger partial charge on any atom is 0.257 e. The van der Waals surface area contributed by atoms with Crippen molar-refractivity contribution in [3.8, 4) is 11.5 Å². The molecule has 1 amide bonds. The summed E-state index contributed by atoms with van der Waals surface area (Å²) in [4.78, 5) is 17.2. The molecule has 1 N–H and O–H groups in total. The third kappa shape index (κ3) is 5.21. The van der Waals surface area contributed by atoms with Crippen LogP contribution < -0.4 is 10.1 Å². The van der Waals surface area contributed by atoms with Crippen molar-refractivity contribution in [1.82, 2.24) is 4.98 Å². The van der Waals surface area contributed by atoms with E-state index in [0.29, 0.717) is 29.3 Å². The number of ether oxygens (including phenoxy) is 2. The molecule has 1 atom stereocenters. The van der Waals surface area contributed by atoms with Crippen molar-refractivity contribution in [3.63, 3.8) is 0 Å². The van der Waals surface area contributed by atoms with Crippen LogP contribution in [0.3, 0.4) is 0 Å². The normalized spacial score (nSPS) is 11.7. The number of para-hydroxylation sites is 1. The number of carbonyl (C=O) groups is 1. The van der Waals surface area contributed by atoms with Gasteiger partial charge in [-0.2, -0.15) is 0 Å². The van der Waals surface area contributed by atoms with Gasteiger partial charge < -0.3 is 14.8 Å². The predicted molar refractivity (Wildman–Crippen MR) is 115 cm³/mol. The fourth-order valence-electron chi connectivity index (χ4n) is 2.98. The second-order valence-corrected chi connectivity index (χ2v) is 6.81. The molecule has 0 radical (unpaired) electrons. The van der Waals surface area contributed by atoms with Gasteiger partial charge >= 0.3 is 0 Å². The summed E-state index contributed by atoms with van der Waals surface area (Å²) in [5.41, 5.74) is 3.79. The van der Waals surface area contributed by atoms with Crippen LogP contribution in [0.2, 0.25) is 0 Å². The minimum atomic E-state index is -0.196. The number of carbonyl (C=O) groups excluding carboxylic acids is 1. The lowest BCUT2D eigenvalue weighted by molar-refractivity contribution is 0.0732. The standard InChI is InChI=1S/C24H26N2O3/c1-5-28-18(4)22-15-14-21(17(3)25-22)24(27)26-19-10-12-20(13-11-19)29-23-9-7-6-8-16(23)2/h6-15,18H,5H2,1-4H3,(H,26,27). The molecule has 29 heavy (non-hydrogen) atoms. The third-order valence-electron chi connectivity index (χ3n) is 4.62. The Kier molecular flexibility index (Phi) is 6.62. The Morgan fingerprint density at radius 3 is 2.41 bits per heavy atom. The van der Waals surface area contributed by atoms with Crippen molar-refractivity contribution in [3.05, 3.63) is 83.2 Å². The zero-order valence-corrected chi connectivity index (χ0v) is 17.2. The second kappa shape index (κ2) is 9.34. The molecule has 5 heteroatoms. The summed E-state index contributed by atoms with van der Waals surface area (Å²) in [7, 11) is 0. The molecule has 0 aliphatic rings. The van der Waals surface area contributed by atoms with Gasteiger partial charge in [-0.25, -0.2) is 0 Å². The van der Waals surface area contributed by atoms with Crippen LogP contribution in [0.1, 0.15) is 47.3 Å². The lowest BCUT2D eigenvalue weighted by Gasteiger charge is -2.14. The minimum absolute atomic E-state index is 0.100. The maximum absolute atomic E-state index is 12.6. The summed E-state index contributed by atoms with van der Waals surface area (Å²) in [6, 6.07) is 18.8. The number of aryl methyl sites for hydroxylation is 2. The molecule has 0 bridgehead atoms. The van der Waals surface area contributed by atoms with Crippen molar-refractivity contribution in [2.24, 2.45) is 0 Å². The molecule has 1 heterocycles. The van der Waals surface area contributed by atoms with E-state index in [-0.39, 0.29) is 12.0 Å². The Morgan fingerprint density at radius 2 is 1.76 bits per heavy atom. The number of nitrogens with one attached hydrogen (secondary N) is 1. The quantitative estimate of drug-likeness (QED) is 0.550. The zero-order valence-electron chi connectivity index (χ0n) is 17.2. The summed E-state index contributed by atoms with van der Waals surface area (Å²) in [6.45, 7) is 8.35. The molecule has 2 aromatic carbocycles. The van der Waals surface area contributed by atoms with Crippen LogP contribution in [-0.2, 0) is 4.74 Å². The Hall–Kier alpha value is -3.18. The molecule has 3 aromatic rings. The first-order valence-electron chi connectivity index (χ1n) is 9.72. The van der Waals surface area contributed by atoms with Crippen molar-refractivity contribution >= 4 is 11.6 Å². The van der Waals surface area contributed by atoms with Crippen LogP contribution >= 0.6 is 0 Å². The molecular weight excluding hydrogens is 364 g/mol. The fraction of sp³-hybridized carbons (Fsp3) is 0.250. The summed E-state index contributed by atoms with van der Waals surface area (Å²) in [5, 5.41) is 2.91. The van der Waals surface area contributed by atoms with Gasteiger partial charge in [0, 0.05) is 12.3 Å². The molecule has 0 aliphatic carbocycles. The summed E-state index contributed by atoms with van der Waals surface area (Å²) < 4.78 is 11.5. The highest BCUT2D eigenvalue weighted by Gasteiger charge is 2.14. The first-order valence-corrected chi connectivity index (χ1v) is 9.72. The van der Waals surface area contributed by atoms with E-state index < -0.39 is 0 Å². The van der Waals surface area contributed by atoms with E-state index in [2.05, 4.69) is 10.3 Å². The largest absolute Gasteiger partial charge is 0.457 e. The van der Waals surface area contributed by atoms with Gasteiger partial charge in [0.1, 0.15) is 11.5 Å². The highest BCUT2D eigenvalue weighted by molar-refractivity contribution is 6.05. The monoisotopic (exact) mass is 390 g/mol. The Labute approximate surface area is 171 Å². The number of hydrogen-bond acceptors (Lipinski definition) is 4. The molecule has 0 fully saturated rings. The van der Waals surface area contributed by atoms with Crippen LogP contribution in [0.5, 0.6) is 11.5 Å². The van der Waals surface area contributed by atoms with Gasteiger partial charge in [-0.15, -0.1) is 0 Å². The number of rotatable bonds is 7. The Morgan fingerprint density at radius 1 is 1.03 bits per heavy atom. The fourth-order valence-corrected chi connectivity index (χ4v) is 2.98. The van der Waals surface area contributed by atoms with E-state index in [1.807, 2.05) is 82.3 Å². The minimum Gasteiger partial charge on any atom is -0.457 e. The van der Waals surface area contributed by atoms with Gasteiger partial charge in [-0.3, -0.25) is 9.78 Å². The lowest BCUT2D eigenvalue weighted by atomic mass is 10.1. The van der Waals surface area contributed by atoms with Crippen LogP contribution in [0.25, 0.3) is 0 Å². The van der Waals surface area contributed by atoms with E-state index in [0.717, 1.165) is 17.0 Å². The predicted octanol–water partition coefficient (Wildman–Crippen LogP) is 5.84. The van der Waals surface area contributed by atoms with Crippen LogP contribution in [-0.4, -0.2) is 17.5 Å². The summed E-state index contributed by atoms with van der Waals surface area (Å²) >= 11 is 0. The summed E-state index contributed by atoms with van der Waals surface area (Å²) in [5.74, 6) is 1.33. The zero-order chi connectivity index (χ0) is 20.8. The summed E-state index contributed by atoms with van der Waals surface area (Å²) in [6.07, 6.45) is -0.100. The molecule has 3 rings (SSSR count). The van der Waals surface area contributed by atoms with Crippen LogP contribution in [0.4, 0.5) is 5.69 Å². The number of aromatic nitrogens is 1. The van der Waals surface area contributed by atoms with Crippen LogP contribution in [0.15, 0.2) is 60.7 Å². The lowest BCUT2D eigenvalue weighted by Crippen LogP contribution is -2.15. The van der Waals surface area contributed by atoms with Gasteiger partial charge in [0.05, 0.1) is 23.1 Å². The molecule has 0 saturated carbocycles. The van der Waals surface area contributed by atoms with Gasteiger partial charge in [0.15, 0.2) is 0 Å². The third-order valence-corrected chi connectivity index (χ3v) is 4.62. The molecule has 0 spiro atoms. The van der Waals surface area contributed by atoms with Gasteiger partial charge in [0.25, 0.3) is 5.91 Å². The maximum atomic E-state index is 12.6. The molecule has 1 unspecified atom stereocenters. The first kappa shape index (κ1) is 20.6. The van der Waals surface area contributed by atoms with Gasteiger partial charge in [-0.05, 0) is 75.7 Å². The van der Waals surface area contributed by atoms with Crippen molar-refractivity contribution in [1.29, 1.82) is 0 Å². The molecule has 0 aliphatic heterocycles. The number of hydrogen-bond donors (Lipinski definition) is 1. The molecule has 5 nitrogen and oxygen atoms in total. The first-order chi connectivity index (χ1) is 14.0. The number of nitrogens with zero attached hydrogens (tertiary/aromatic N) is 1. The van der Waals surface area contributed by atoms with E-state index in [9.17, 15) is 4.79 Å². The topological polar surface area (TPSA) is 60.5 Å². The average Bonchev–Trinajstić information content (AvgIpc) is 2.71. The second-order valence-electron chi connectivity index (χ2n) is 6.81. The van der Waals surface area contributed by atoms with Gasteiger partial charge in [0.2, 0.25) is 0 Å². The van der Waals surface area contributed by atoms with E-state index >= 15 is 0 Å². The van der Waals surface area contributed by atoms with Crippen molar-refractivity contribution in [2.45, 2.75) is 33.8 Å². The number of benzene rings is 2. The Balaban J connectivity index is 1.67. The smallest absolute Gasteiger partial charge is 0.257 e. The molecule has 0 saturated heterocycles. The molecule has 150 valence electrons. The van der Waals surface area contributed by atoms with Gasteiger partial charge in [-0.1, -0.05) is 18.2 Å². The highest BCUT2D eigenvalue weighted by Crippen LogP contribution is 2.26. The van der Waals surface area contributed by atoms with E-state index in [1.165, 1.54) is 0 Å². The SMILES string of the molecule is CCOC(C)c1ccc(C(=O)Nc2ccc(Oc3ccccc3C)cc2)c(C)n1. The van der Waals surface area contributed by atoms with E-state index in [4.69, 9.17) is 9.47 Å². The molecular formula is C24H26N2O3. The van der Waals surface area contributed by atoms with Crippen molar-refractivity contribution in [2.75, 3.05) is 11.9 Å². The number of amides is 1. The Bertz CT molecular complexity index is 984. The highest BCUT2D eigenvalue weighted by atomic mass is 16.5.